The van der Waals surface area contributed by atoms with Gasteiger partial charge in [0.05, 0.1) is 24.9 Å². The molecule has 0 aliphatic carbocycles. The van der Waals surface area contributed by atoms with E-state index in [1.807, 2.05) is 0 Å². The maximum Gasteiger partial charge on any atom is 0.107 e. The van der Waals surface area contributed by atoms with E-state index < -0.39 is 30.5 Å². The lowest BCUT2D eigenvalue weighted by molar-refractivity contribution is -0.180. The van der Waals surface area contributed by atoms with Gasteiger partial charge in [0.2, 0.25) is 0 Å². The van der Waals surface area contributed by atoms with Crippen LogP contribution >= 0.6 is 0 Å². The third-order valence-electron chi connectivity index (χ3n) is 2.22. The van der Waals surface area contributed by atoms with E-state index >= 15 is 0 Å². The summed E-state index contributed by atoms with van der Waals surface area (Å²) >= 11 is 0. The minimum atomic E-state index is -1.02. The summed E-state index contributed by atoms with van der Waals surface area (Å²) in [7, 11) is 0. The molecule has 5 atom stereocenters. The Kier molecular flexibility index (Phi) is 3.03. The number of aliphatic hydroxyl groups is 3. The van der Waals surface area contributed by atoms with Gasteiger partial charge in [-0.3, -0.25) is 0 Å². The summed E-state index contributed by atoms with van der Waals surface area (Å²) in [6.45, 7) is 1.39. The van der Waals surface area contributed by atoms with Crippen molar-refractivity contribution in [3.63, 3.8) is 0 Å². The molecule has 0 bridgehead atoms. The van der Waals surface area contributed by atoms with Gasteiger partial charge in [0, 0.05) is 0 Å². The van der Waals surface area contributed by atoms with Crippen molar-refractivity contribution in [3.05, 3.63) is 0 Å². The lowest BCUT2D eigenvalue weighted by Crippen LogP contribution is -2.61. The molecule has 5 N–H and O–H groups in total. The molecule has 1 rings (SSSR count). The van der Waals surface area contributed by atoms with Crippen LogP contribution in [0.4, 0.5) is 0 Å². The maximum atomic E-state index is 9.35. The second-order valence-electron chi connectivity index (χ2n) is 3.12. The Hall–Kier alpha value is -0.200. The summed E-state index contributed by atoms with van der Waals surface area (Å²) in [5.74, 6) is 0. The summed E-state index contributed by atoms with van der Waals surface area (Å²) in [6.07, 6.45) is -3.07. The molecule has 1 heterocycles. The first kappa shape index (κ1) is 9.88. The van der Waals surface area contributed by atoms with Gasteiger partial charge in [-0.05, 0) is 6.92 Å². The molecule has 5 nitrogen and oxygen atoms in total. The van der Waals surface area contributed by atoms with Gasteiger partial charge in [-0.25, -0.2) is 0 Å². The molecule has 0 saturated carbocycles. The van der Waals surface area contributed by atoms with E-state index in [1.54, 1.807) is 6.92 Å². The third kappa shape index (κ3) is 1.60. The van der Waals surface area contributed by atoms with Crippen LogP contribution in [0.25, 0.3) is 0 Å². The Morgan fingerprint density at radius 1 is 1.33 bits per heavy atom. The molecule has 12 heavy (non-hydrogen) atoms. The van der Waals surface area contributed by atoms with Crippen LogP contribution in [0.15, 0.2) is 0 Å². The summed E-state index contributed by atoms with van der Waals surface area (Å²) in [6, 6.07) is -0.721. The van der Waals surface area contributed by atoms with Crippen LogP contribution in [-0.2, 0) is 4.74 Å². The molecule has 0 aromatic heterocycles. The highest BCUT2D eigenvalue weighted by Crippen LogP contribution is 2.18. The van der Waals surface area contributed by atoms with Crippen LogP contribution in [0.3, 0.4) is 0 Å². The van der Waals surface area contributed by atoms with E-state index in [4.69, 9.17) is 15.6 Å². The zero-order valence-corrected chi connectivity index (χ0v) is 6.92. The first-order chi connectivity index (χ1) is 5.57. The Labute approximate surface area is 70.8 Å². The Balaban J connectivity index is 2.63. The lowest BCUT2D eigenvalue weighted by atomic mass is 9.94. The smallest absolute Gasteiger partial charge is 0.107 e. The largest absolute Gasteiger partial charge is 0.394 e. The molecule has 72 valence electrons. The Morgan fingerprint density at radius 3 is 2.42 bits per heavy atom. The van der Waals surface area contributed by atoms with Gasteiger partial charge in [-0.15, -0.1) is 0 Å². The van der Waals surface area contributed by atoms with E-state index in [9.17, 15) is 10.2 Å². The summed E-state index contributed by atoms with van der Waals surface area (Å²) in [5, 5.41) is 27.4. The molecular formula is C7H15NO4. The molecule has 2 unspecified atom stereocenters. The highest BCUT2D eigenvalue weighted by atomic mass is 16.5. The highest BCUT2D eigenvalue weighted by Gasteiger charge is 2.39. The minimum absolute atomic E-state index is 0.241. The van der Waals surface area contributed by atoms with E-state index in [0.717, 1.165) is 0 Å². The van der Waals surface area contributed by atoms with Crippen LogP contribution in [0.2, 0.25) is 0 Å². The van der Waals surface area contributed by atoms with Crippen molar-refractivity contribution in [2.24, 2.45) is 5.73 Å². The van der Waals surface area contributed by atoms with Crippen molar-refractivity contribution in [2.45, 2.75) is 37.4 Å². The van der Waals surface area contributed by atoms with Crippen LogP contribution in [-0.4, -0.2) is 52.4 Å². The van der Waals surface area contributed by atoms with Crippen molar-refractivity contribution in [2.75, 3.05) is 6.61 Å². The van der Waals surface area contributed by atoms with Crippen molar-refractivity contribution >= 4 is 0 Å². The molecule has 1 fully saturated rings. The van der Waals surface area contributed by atoms with Gasteiger partial charge in [0.1, 0.15) is 12.2 Å². The average Bonchev–Trinajstić information content (AvgIpc) is 2.08. The van der Waals surface area contributed by atoms with Gasteiger partial charge in [-0.1, -0.05) is 0 Å². The van der Waals surface area contributed by atoms with E-state index in [-0.39, 0.29) is 6.61 Å². The third-order valence-corrected chi connectivity index (χ3v) is 2.22. The molecule has 5 heteroatoms. The maximum absolute atomic E-state index is 9.35. The van der Waals surface area contributed by atoms with Crippen molar-refractivity contribution in [1.29, 1.82) is 0 Å². The lowest BCUT2D eigenvalue weighted by Gasteiger charge is -2.39. The predicted molar refractivity (Wildman–Crippen MR) is 41.4 cm³/mol. The van der Waals surface area contributed by atoms with Crippen molar-refractivity contribution in [3.8, 4) is 0 Å². The van der Waals surface area contributed by atoms with Crippen LogP contribution in [0.5, 0.6) is 0 Å². The fourth-order valence-corrected chi connectivity index (χ4v) is 1.34. The fourth-order valence-electron chi connectivity index (χ4n) is 1.34. The van der Waals surface area contributed by atoms with Crippen molar-refractivity contribution < 1.29 is 20.1 Å². The SMILES string of the molecule is C[C@@H]1OC(CO)[C@@H](N)[C@H](O)C1O. The number of nitrogens with two attached hydrogens (primary N) is 1. The predicted octanol–water partition coefficient (Wildman–Crippen LogP) is -2.18. The molecule has 0 radical (unpaired) electrons. The van der Waals surface area contributed by atoms with Crippen LogP contribution in [0, 0.1) is 0 Å². The number of hydrogen-bond donors (Lipinski definition) is 4. The average molecular weight is 177 g/mol. The van der Waals surface area contributed by atoms with Gasteiger partial charge in [0.25, 0.3) is 0 Å². The van der Waals surface area contributed by atoms with Crippen LogP contribution in [0.1, 0.15) is 6.92 Å². The summed E-state index contributed by atoms with van der Waals surface area (Å²) in [5.41, 5.74) is 5.49. The molecule has 1 aliphatic rings. The highest BCUT2D eigenvalue weighted by molar-refractivity contribution is 4.92. The second-order valence-corrected chi connectivity index (χ2v) is 3.12. The second kappa shape index (κ2) is 3.68. The molecule has 1 saturated heterocycles. The summed E-state index contributed by atoms with van der Waals surface area (Å²) < 4.78 is 5.15. The van der Waals surface area contributed by atoms with E-state index in [1.165, 1.54) is 0 Å². The molecule has 0 aromatic rings. The monoisotopic (exact) mass is 177 g/mol. The number of rotatable bonds is 1. The Morgan fingerprint density at radius 2 is 1.92 bits per heavy atom. The normalized spacial score (nSPS) is 49.2. The molecule has 0 spiro atoms. The molecule has 0 aromatic carbocycles. The standard InChI is InChI=1S/C7H15NO4/c1-3-6(10)7(11)5(8)4(2-9)12-3/h3-7,9-11H,2,8H2,1H3/t3-,4?,5+,6?,7-/m0/s1. The zero-order valence-electron chi connectivity index (χ0n) is 6.92. The molecular weight excluding hydrogens is 162 g/mol. The first-order valence-corrected chi connectivity index (χ1v) is 3.96. The van der Waals surface area contributed by atoms with Crippen molar-refractivity contribution in [1.82, 2.24) is 0 Å². The quantitative estimate of drug-likeness (QED) is 0.365. The number of hydrogen-bond acceptors (Lipinski definition) is 5. The summed E-state index contributed by atoms with van der Waals surface area (Å²) in [4.78, 5) is 0. The zero-order chi connectivity index (χ0) is 9.30. The molecule has 1 aliphatic heterocycles. The molecule has 0 amide bonds. The number of ether oxygens (including phenoxy) is 1. The van der Waals surface area contributed by atoms with Gasteiger partial charge >= 0.3 is 0 Å². The fraction of sp³-hybridized carbons (Fsp3) is 1.00. The van der Waals surface area contributed by atoms with E-state index in [0.29, 0.717) is 0 Å². The first-order valence-electron chi connectivity index (χ1n) is 3.96. The van der Waals surface area contributed by atoms with Gasteiger partial charge < -0.3 is 25.8 Å². The Bertz CT molecular complexity index is 150. The topological polar surface area (TPSA) is 95.9 Å². The minimum Gasteiger partial charge on any atom is -0.394 e. The van der Waals surface area contributed by atoms with E-state index in [2.05, 4.69) is 0 Å². The van der Waals surface area contributed by atoms with Crippen LogP contribution < -0.4 is 5.73 Å². The van der Waals surface area contributed by atoms with Gasteiger partial charge in [0.15, 0.2) is 0 Å². The number of aliphatic hydroxyl groups excluding tert-OH is 3. The van der Waals surface area contributed by atoms with Gasteiger partial charge in [-0.2, -0.15) is 0 Å².